The number of piperazine rings is 1. The molecule has 0 aliphatic carbocycles. The molecule has 0 unspecified atom stereocenters. The molecule has 1 saturated heterocycles. The molecule has 6 heteroatoms. The first-order valence-corrected chi connectivity index (χ1v) is 7.45. The Hall–Kier alpha value is -2.63. The van der Waals surface area contributed by atoms with Gasteiger partial charge in [-0.1, -0.05) is 6.07 Å². The third-order valence-corrected chi connectivity index (χ3v) is 4.32. The lowest BCUT2D eigenvalue weighted by Crippen LogP contribution is -2.46. The Morgan fingerprint density at radius 1 is 1.14 bits per heavy atom. The summed E-state index contributed by atoms with van der Waals surface area (Å²) in [6, 6.07) is 8.31. The fourth-order valence-electron chi connectivity index (χ4n) is 3.16. The molecule has 4 heterocycles. The third kappa shape index (κ3) is 1.91. The van der Waals surface area contributed by atoms with Gasteiger partial charge < -0.3 is 14.2 Å². The van der Waals surface area contributed by atoms with E-state index in [9.17, 15) is 4.79 Å². The number of carbonyl (C=O) groups is 1. The van der Waals surface area contributed by atoms with Crippen molar-refractivity contribution in [3.05, 3.63) is 36.2 Å². The highest BCUT2D eigenvalue weighted by molar-refractivity contribution is 5.96. The lowest BCUT2D eigenvalue weighted by Gasteiger charge is -2.33. The van der Waals surface area contributed by atoms with Crippen molar-refractivity contribution in [2.75, 3.05) is 31.1 Å². The van der Waals surface area contributed by atoms with Gasteiger partial charge in [-0.05, 0) is 25.1 Å². The highest BCUT2D eigenvalue weighted by Crippen LogP contribution is 2.29. The number of amides is 1. The van der Waals surface area contributed by atoms with Crippen LogP contribution < -0.4 is 4.90 Å². The second-order valence-corrected chi connectivity index (χ2v) is 5.64. The maximum Gasteiger partial charge on any atom is 0.209 e. The van der Waals surface area contributed by atoms with Crippen molar-refractivity contribution in [2.24, 2.45) is 0 Å². The Labute approximate surface area is 128 Å². The average Bonchev–Trinajstić information content (AvgIpc) is 2.95. The van der Waals surface area contributed by atoms with E-state index in [1.807, 2.05) is 19.1 Å². The molecule has 22 heavy (non-hydrogen) atoms. The van der Waals surface area contributed by atoms with Crippen molar-refractivity contribution in [1.82, 2.24) is 19.5 Å². The summed E-state index contributed by atoms with van der Waals surface area (Å²) in [7, 11) is 0. The molecule has 0 saturated carbocycles. The zero-order chi connectivity index (χ0) is 15.1. The van der Waals surface area contributed by atoms with Crippen LogP contribution in [-0.2, 0) is 4.79 Å². The smallest absolute Gasteiger partial charge is 0.209 e. The molecule has 3 aromatic heterocycles. The molecule has 1 amide bonds. The molecule has 1 aliphatic heterocycles. The molecular formula is C16H17N5O. The van der Waals surface area contributed by atoms with Gasteiger partial charge in [0.2, 0.25) is 6.41 Å². The van der Waals surface area contributed by atoms with Gasteiger partial charge >= 0.3 is 0 Å². The second kappa shape index (κ2) is 4.98. The van der Waals surface area contributed by atoms with Crippen LogP contribution in [0.4, 0.5) is 5.82 Å². The summed E-state index contributed by atoms with van der Waals surface area (Å²) in [6.07, 6.45) is 2.97. The second-order valence-electron chi connectivity index (χ2n) is 5.64. The van der Waals surface area contributed by atoms with Gasteiger partial charge in [0.15, 0.2) is 5.82 Å². The van der Waals surface area contributed by atoms with Crippen LogP contribution >= 0.6 is 0 Å². The van der Waals surface area contributed by atoms with Crippen molar-refractivity contribution in [3.63, 3.8) is 0 Å². The number of hydrogen-bond donors (Lipinski definition) is 0. The first-order valence-electron chi connectivity index (χ1n) is 7.45. The van der Waals surface area contributed by atoms with Crippen LogP contribution in [-0.4, -0.2) is 52.1 Å². The molecule has 4 rings (SSSR count). The minimum absolute atomic E-state index is 0.730. The van der Waals surface area contributed by atoms with E-state index in [4.69, 9.17) is 0 Å². The maximum absolute atomic E-state index is 10.9. The summed E-state index contributed by atoms with van der Waals surface area (Å²) in [5, 5.41) is 9.90. The monoisotopic (exact) mass is 295 g/mol. The van der Waals surface area contributed by atoms with Gasteiger partial charge in [0.05, 0.1) is 11.2 Å². The highest BCUT2D eigenvalue weighted by Gasteiger charge is 2.21. The molecule has 1 aliphatic rings. The van der Waals surface area contributed by atoms with Crippen molar-refractivity contribution in [3.8, 4) is 0 Å². The van der Waals surface area contributed by atoms with Crippen LogP contribution in [0.3, 0.4) is 0 Å². The summed E-state index contributed by atoms with van der Waals surface area (Å²) >= 11 is 0. The van der Waals surface area contributed by atoms with Crippen molar-refractivity contribution < 1.29 is 4.79 Å². The largest absolute Gasteiger partial charge is 0.351 e. The lowest BCUT2D eigenvalue weighted by molar-refractivity contribution is -0.118. The number of rotatable bonds is 2. The number of hydrogen-bond acceptors (Lipinski definition) is 4. The topological polar surface area (TPSA) is 53.7 Å². The zero-order valence-corrected chi connectivity index (χ0v) is 12.4. The Kier molecular flexibility index (Phi) is 2.96. The van der Waals surface area contributed by atoms with Crippen LogP contribution in [0, 0.1) is 6.92 Å². The summed E-state index contributed by atoms with van der Waals surface area (Å²) < 4.78 is 2.16. The van der Waals surface area contributed by atoms with Crippen molar-refractivity contribution in [2.45, 2.75) is 6.92 Å². The van der Waals surface area contributed by atoms with E-state index in [1.54, 1.807) is 4.90 Å². The van der Waals surface area contributed by atoms with Crippen LogP contribution in [0.1, 0.15) is 5.69 Å². The van der Waals surface area contributed by atoms with Gasteiger partial charge in [0.25, 0.3) is 0 Å². The third-order valence-electron chi connectivity index (χ3n) is 4.32. The van der Waals surface area contributed by atoms with E-state index < -0.39 is 0 Å². The summed E-state index contributed by atoms with van der Waals surface area (Å²) in [6.45, 7) is 5.03. The molecule has 3 aromatic rings. The molecule has 0 bridgehead atoms. The SMILES string of the molecule is Cc1nnc(N2CCN(C=O)CC2)c2cc3ccccn3c12. The average molecular weight is 295 g/mol. The Morgan fingerprint density at radius 2 is 1.95 bits per heavy atom. The predicted octanol–water partition coefficient (Wildman–Crippen LogP) is 1.47. The Morgan fingerprint density at radius 3 is 2.73 bits per heavy atom. The first-order chi connectivity index (χ1) is 10.8. The van der Waals surface area contributed by atoms with Crippen molar-refractivity contribution in [1.29, 1.82) is 0 Å². The molecule has 1 fully saturated rings. The number of aromatic nitrogens is 3. The van der Waals surface area contributed by atoms with E-state index in [1.165, 1.54) is 0 Å². The van der Waals surface area contributed by atoms with Crippen LogP contribution in [0.5, 0.6) is 0 Å². The van der Waals surface area contributed by atoms with E-state index in [0.717, 1.165) is 60.5 Å². The molecule has 0 aromatic carbocycles. The fourth-order valence-corrected chi connectivity index (χ4v) is 3.16. The van der Waals surface area contributed by atoms with E-state index in [0.29, 0.717) is 0 Å². The number of anilines is 1. The summed E-state index contributed by atoms with van der Waals surface area (Å²) in [5.41, 5.74) is 3.18. The quantitative estimate of drug-likeness (QED) is 0.672. The number of pyridine rings is 1. The standard InChI is InChI=1S/C16H17N5O/c1-12-15-14(10-13-4-2-3-5-21(13)15)16(18-17-12)20-8-6-19(11-22)7-9-20/h2-5,10-11H,6-9H2,1H3. The van der Waals surface area contributed by atoms with Gasteiger partial charge in [-0.25, -0.2) is 0 Å². The number of aryl methyl sites for hydroxylation is 1. The lowest BCUT2D eigenvalue weighted by atomic mass is 10.2. The van der Waals surface area contributed by atoms with Crippen LogP contribution in [0.25, 0.3) is 16.4 Å². The van der Waals surface area contributed by atoms with Crippen molar-refractivity contribution >= 4 is 28.6 Å². The normalized spacial score (nSPS) is 15.7. The Bertz CT molecular complexity index is 848. The Balaban J connectivity index is 1.85. The van der Waals surface area contributed by atoms with Crippen LogP contribution in [0.2, 0.25) is 0 Å². The molecule has 0 atom stereocenters. The molecular weight excluding hydrogens is 278 g/mol. The van der Waals surface area contributed by atoms with Gasteiger partial charge in [0.1, 0.15) is 0 Å². The van der Waals surface area contributed by atoms with E-state index >= 15 is 0 Å². The van der Waals surface area contributed by atoms with Crippen LogP contribution in [0.15, 0.2) is 30.5 Å². The summed E-state index contributed by atoms with van der Waals surface area (Å²) in [4.78, 5) is 14.9. The summed E-state index contributed by atoms with van der Waals surface area (Å²) in [5.74, 6) is 0.912. The zero-order valence-electron chi connectivity index (χ0n) is 12.4. The highest BCUT2D eigenvalue weighted by atomic mass is 16.1. The van der Waals surface area contributed by atoms with E-state index in [2.05, 4.69) is 37.8 Å². The van der Waals surface area contributed by atoms with Gasteiger partial charge in [0, 0.05) is 43.3 Å². The first kappa shape index (κ1) is 13.1. The molecule has 6 nitrogen and oxygen atoms in total. The fraction of sp³-hybridized carbons (Fsp3) is 0.312. The molecule has 0 spiro atoms. The molecule has 112 valence electrons. The minimum Gasteiger partial charge on any atom is -0.351 e. The van der Waals surface area contributed by atoms with Gasteiger partial charge in [-0.2, -0.15) is 5.10 Å². The van der Waals surface area contributed by atoms with E-state index in [-0.39, 0.29) is 0 Å². The molecule has 0 radical (unpaired) electrons. The van der Waals surface area contributed by atoms with Gasteiger partial charge in [-0.3, -0.25) is 4.79 Å². The van der Waals surface area contributed by atoms with Gasteiger partial charge in [-0.15, -0.1) is 5.10 Å². The molecule has 0 N–H and O–H groups in total. The predicted molar refractivity (Wildman–Crippen MR) is 85.1 cm³/mol. The number of nitrogens with zero attached hydrogens (tertiary/aromatic N) is 5. The number of fused-ring (bicyclic) bond motifs is 3. The minimum atomic E-state index is 0.730. The maximum atomic E-state index is 10.9. The number of carbonyl (C=O) groups excluding carboxylic acids is 1.